The highest BCUT2D eigenvalue weighted by Gasteiger charge is 2.10. The van der Waals surface area contributed by atoms with Gasteiger partial charge in [-0.05, 0) is 48.4 Å². The molecule has 5 heteroatoms. The molecule has 0 saturated heterocycles. The van der Waals surface area contributed by atoms with Crippen molar-refractivity contribution in [2.24, 2.45) is 0 Å². The molecule has 0 aliphatic carbocycles. The molecule has 2 aromatic carbocycles. The second kappa shape index (κ2) is 7.10. The Labute approximate surface area is 132 Å². The van der Waals surface area contributed by atoms with Crippen LogP contribution in [0.1, 0.15) is 24.0 Å². The van der Waals surface area contributed by atoms with Crippen molar-refractivity contribution in [3.63, 3.8) is 0 Å². The largest absolute Gasteiger partial charge is 0.481 e. The summed E-state index contributed by atoms with van der Waals surface area (Å²) in [6, 6.07) is 13.8. The first-order valence-corrected chi connectivity index (χ1v) is 7.49. The number of hydrogen-bond donors (Lipinski definition) is 1. The minimum Gasteiger partial charge on any atom is -0.481 e. The maximum atomic E-state index is 13.3. The third-order valence-electron chi connectivity index (χ3n) is 3.17. The van der Waals surface area contributed by atoms with Gasteiger partial charge in [-0.3, -0.25) is 4.79 Å². The van der Waals surface area contributed by atoms with E-state index in [2.05, 4.69) is 6.07 Å². The summed E-state index contributed by atoms with van der Waals surface area (Å²) in [6.07, 6.45) is -0.219. The maximum absolute atomic E-state index is 13.3. The lowest BCUT2D eigenvalue weighted by Crippen LogP contribution is -2.02. The molecule has 2 rings (SSSR count). The van der Waals surface area contributed by atoms with Gasteiger partial charge >= 0.3 is 5.97 Å². The zero-order valence-corrected chi connectivity index (χ0v) is 12.7. The second-order valence-corrected chi connectivity index (χ2v) is 5.96. The maximum Gasteiger partial charge on any atom is 0.307 e. The fourth-order valence-corrected chi connectivity index (χ4v) is 2.90. The molecule has 22 heavy (non-hydrogen) atoms. The molecule has 0 aliphatic heterocycles. The number of nitrogens with zero attached hydrogens (tertiary/aromatic N) is 1. The Bertz CT molecular complexity index is 722. The van der Waals surface area contributed by atoms with Crippen LogP contribution in [0.2, 0.25) is 0 Å². The fraction of sp³-hybridized carbons (Fsp3) is 0.176. The average Bonchev–Trinajstić information content (AvgIpc) is 2.49. The van der Waals surface area contributed by atoms with Crippen molar-refractivity contribution in [3.05, 3.63) is 59.4 Å². The van der Waals surface area contributed by atoms with Gasteiger partial charge < -0.3 is 5.11 Å². The molecule has 1 N–H and O–H groups in total. The molecule has 0 aromatic heterocycles. The lowest BCUT2D eigenvalue weighted by atomic mass is 10.0. The number of hydrogen-bond acceptors (Lipinski definition) is 3. The van der Waals surface area contributed by atoms with Crippen LogP contribution in [0.25, 0.3) is 0 Å². The van der Waals surface area contributed by atoms with Crippen LogP contribution >= 0.6 is 11.8 Å². The van der Waals surface area contributed by atoms with Gasteiger partial charge in [-0.1, -0.05) is 23.9 Å². The van der Waals surface area contributed by atoms with E-state index in [0.29, 0.717) is 10.5 Å². The van der Waals surface area contributed by atoms with Gasteiger partial charge in [-0.15, -0.1) is 0 Å². The van der Waals surface area contributed by atoms with Gasteiger partial charge in [-0.2, -0.15) is 5.26 Å². The van der Waals surface area contributed by atoms with Crippen molar-refractivity contribution in [1.82, 2.24) is 0 Å². The predicted octanol–water partition coefficient (Wildman–Crippen LogP) is 4.23. The fourth-order valence-electron chi connectivity index (χ4n) is 1.97. The van der Waals surface area contributed by atoms with Gasteiger partial charge in [0.25, 0.3) is 0 Å². The summed E-state index contributed by atoms with van der Waals surface area (Å²) in [5.41, 5.74) is 1.38. The third kappa shape index (κ3) is 4.09. The normalized spacial score (nSPS) is 11.7. The Hall–Kier alpha value is -2.32. The van der Waals surface area contributed by atoms with Crippen molar-refractivity contribution in [2.75, 3.05) is 0 Å². The summed E-state index contributed by atoms with van der Waals surface area (Å²) in [7, 11) is 0. The van der Waals surface area contributed by atoms with E-state index in [0.717, 1.165) is 10.5 Å². The minimum atomic E-state index is -0.995. The first kappa shape index (κ1) is 16.1. The molecule has 3 nitrogen and oxygen atoms in total. The number of nitriles is 1. The first-order chi connectivity index (χ1) is 10.5. The van der Waals surface area contributed by atoms with Crippen LogP contribution in [-0.2, 0) is 11.2 Å². The molecule has 1 unspecified atom stereocenters. The van der Waals surface area contributed by atoms with E-state index in [1.165, 1.54) is 23.9 Å². The highest BCUT2D eigenvalue weighted by Crippen LogP contribution is 2.32. The SMILES string of the molecule is CC(C#N)c1ccc(Sc2ccc(F)cc2CC(=O)O)cc1. The van der Waals surface area contributed by atoms with Crippen LogP contribution in [0, 0.1) is 17.1 Å². The highest BCUT2D eigenvalue weighted by atomic mass is 32.2. The molecule has 0 radical (unpaired) electrons. The summed E-state index contributed by atoms with van der Waals surface area (Å²) >= 11 is 1.38. The Kier molecular flexibility index (Phi) is 5.18. The quantitative estimate of drug-likeness (QED) is 0.897. The Balaban J connectivity index is 2.23. The number of carboxylic acid groups (broad SMARTS) is 1. The summed E-state index contributed by atoms with van der Waals surface area (Å²) < 4.78 is 13.3. The van der Waals surface area contributed by atoms with E-state index in [1.807, 2.05) is 31.2 Å². The molecular formula is C17H14FNO2S. The molecular weight excluding hydrogens is 301 g/mol. The number of halogens is 1. The summed E-state index contributed by atoms with van der Waals surface area (Å²) in [6.45, 7) is 1.83. The van der Waals surface area contributed by atoms with E-state index in [1.54, 1.807) is 6.07 Å². The lowest BCUT2D eigenvalue weighted by Gasteiger charge is -2.09. The smallest absolute Gasteiger partial charge is 0.307 e. The second-order valence-electron chi connectivity index (χ2n) is 4.84. The van der Waals surface area contributed by atoms with E-state index in [4.69, 9.17) is 10.4 Å². The van der Waals surface area contributed by atoms with E-state index < -0.39 is 11.8 Å². The molecule has 0 spiro atoms. The zero-order chi connectivity index (χ0) is 16.1. The number of aliphatic carboxylic acids is 1. The van der Waals surface area contributed by atoms with Gasteiger partial charge in [0.05, 0.1) is 18.4 Å². The molecule has 2 aromatic rings. The van der Waals surface area contributed by atoms with E-state index in [-0.39, 0.29) is 12.3 Å². The lowest BCUT2D eigenvalue weighted by molar-refractivity contribution is -0.136. The number of benzene rings is 2. The van der Waals surface area contributed by atoms with Crippen molar-refractivity contribution >= 4 is 17.7 Å². The minimum absolute atomic E-state index is 0.174. The molecule has 0 aliphatic rings. The molecule has 0 saturated carbocycles. The van der Waals surface area contributed by atoms with Crippen molar-refractivity contribution in [1.29, 1.82) is 5.26 Å². The topological polar surface area (TPSA) is 61.1 Å². The molecule has 0 fully saturated rings. The van der Waals surface area contributed by atoms with Gasteiger partial charge in [0.2, 0.25) is 0 Å². The number of rotatable bonds is 5. The predicted molar refractivity (Wildman–Crippen MR) is 82.3 cm³/mol. The van der Waals surface area contributed by atoms with Crippen LogP contribution in [-0.4, -0.2) is 11.1 Å². The van der Waals surface area contributed by atoms with E-state index >= 15 is 0 Å². The number of carbonyl (C=O) groups is 1. The van der Waals surface area contributed by atoms with Gasteiger partial charge in [0.1, 0.15) is 5.82 Å². The summed E-state index contributed by atoms with van der Waals surface area (Å²) in [4.78, 5) is 12.5. The van der Waals surface area contributed by atoms with Crippen LogP contribution in [0.4, 0.5) is 4.39 Å². The monoisotopic (exact) mass is 315 g/mol. The first-order valence-electron chi connectivity index (χ1n) is 6.67. The van der Waals surface area contributed by atoms with Crippen molar-refractivity contribution in [3.8, 4) is 6.07 Å². The highest BCUT2D eigenvalue weighted by molar-refractivity contribution is 7.99. The zero-order valence-electron chi connectivity index (χ0n) is 11.9. The standard InChI is InChI=1S/C17H14FNO2S/c1-11(10-19)12-2-5-15(6-3-12)22-16-7-4-14(18)8-13(16)9-17(20)21/h2-8,11H,9H2,1H3,(H,20,21). The van der Waals surface area contributed by atoms with Gasteiger partial charge in [0.15, 0.2) is 0 Å². The van der Waals surface area contributed by atoms with Gasteiger partial charge in [-0.25, -0.2) is 4.39 Å². The molecule has 112 valence electrons. The summed E-state index contributed by atoms with van der Waals surface area (Å²) in [5, 5.41) is 17.8. The van der Waals surface area contributed by atoms with Crippen LogP contribution < -0.4 is 0 Å². The van der Waals surface area contributed by atoms with Crippen LogP contribution in [0.15, 0.2) is 52.3 Å². The molecule has 0 bridgehead atoms. The van der Waals surface area contributed by atoms with Gasteiger partial charge in [0, 0.05) is 9.79 Å². The summed E-state index contributed by atoms with van der Waals surface area (Å²) in [5.74, 6) is -1.61. The average molecular weight is 315 g/mol. The van der Waals surface area contributed by atoms with Crippen LogP contribution in [0.3, 0.4) is 0 Å². The van der Waals surface area contributed by atoms with E-state index in [9.17, 15) is 9.18 Å². The Morgan fingerprint density at radius 1 is 1.32 bits per heavy atom. The molecule has 1 atom stereocenters. The third-order valence-corrected chi connectivity index (χ3v) is 4.29. The Morgan fingerprint density at radius 2 is 2.00 bits per heavy atom. The van der Waals surface area contributed by atoms with Crippen LogP contribution in [0.5, 0.6) is 0 Å². The molecule has 0 amide bonds. The number of carboxylic acids is 1. The Morgan fingerprint density at radius 3 is 2.59 bits per heavy atom. The molecule has 0 heterocycles. The van der Waals surface area contributed by atoms with Crippen molar-refractivity contribution < 1.29 is 14.3 Å². The van der Waals surface area contributed by atoms with Crippen molar-refractivity contribution in [2.45, 2.75) is 29.1 Å².